The molecule has 0 saturated heterocycles. The van der Waals surface area contributed by atoms with Crippen LogP contribution in [-0.2, 0) is 4.79 Å². The number of hydrogen-bond donors (Lipinski definition) is 3. The minimum absolute atomic E-state index is 0.179. The van der Waals surface area contributed by atoms with Crippen molar-refractivity contribution in [3.63, 3.8) is 0 Å². The molecule has 0 fully saturated rings. The summed E-state index contributed by atoms with van der Waals surface area (Å²) in [5, 5.41) is 4.92. The molecule has 0 aliphatic rings. The Labute approximate surface area is 99.8 Å². The lowest BCUT2D eigenvalue weighted by molar-refractivity contribution is -0.117. The summed E-state index contributed by atoms with van der Waals surface area (Å²) in [5.41, 5.74) is 6.59. The van der Waals surface area contributed by atoms with E-state index < -0.39 is 11.9 Å². The summed E-state index contributed by atoms with van der Waals surface area (Å²) in [5.74, 6) is -0.580. The summed E-state index contributed by atoms with van der Waals surface area (Å²) >= 11 is 0. The molecule has 1 aromatic rings. The topological polar surface area (TPSA) is 87.5 Å². The van der Waals surface area contributed by atoms with E-state index in [0.717, 1.165) is 5.69 Å². The molecule has 0 unspecified atom stereocenters. The number of amides is 3. The van der Waals surface area contributed by atoms with Crippen LogP contribution in [0.3, 0.4) is 0 Å². The second-order valence-corrected chi connectivity index (χ2v) is 3.72. The summed E-state index contributed by atoms with van der Waals surface area (Å²) < 4.78 is 0. The Morgan fingerprint density at radius 3 is 2.29 bits per heavy atom. The first kappa shape index (κ1) is 12.8. The molecule has 6 heteroatoms. The van der Waals surface area contributed by atoms with Gasteiger partial charge in [0.25, 0.3) is 0 Å². The van der Waals surface area contributed by atoms with Gasteiger partial charge < -0.3 is 21.3 Å². The first-order chi connectivity index (χ1) is 7.99. The van der Waals surface area contributed by atoms with Crippen molar-refractivity contribution in [3.05, 3.63) is 24.3 Å². The van der Waals surface area contributed by atoms with E-state index in [-0.39, 0.29) is 6.54 Å². The lowest BCUT2D eigenvalue weighted by atomic mass is 10.2. The molecule has 6 nitrogen and oxygen atoms in total. The number of primary amides is 1. The van der Waals surface area contributed by atoms with Crippen LogP contribution in [0.1, 0.15) is 0 Å². The summed E-state index contributed by atoms with van der Waals surface area (Å²) in [4.78, 5) is 23.7. The van der Waals surface area contributed by atoms with Gasteiger partial charge in [0.05, 0.1) is 6.54 Å². The van der Waals surface area contributed by atoms with E-state index in [4.69, 9.17) is 5.73 Å². The first-order valence-corrected chi connectivity index (χ1v) is 5.09. The maximum absolute atomic E-state index is 11.3. The molecular formula is C11H16N4O2. The van der Waals surface area contributed by atoms with Gasteiger partial charge in [0.1, 0.15) is 0 Å². The summed E-state index contributed by atoms with van der Waals surface area (Å²) in [6.45, 7) is -0.179. The van der Waals surface area contributed by atoms with Crippen LogP contribution < -0.4 is 21.3 Å². The van der Waals surface area contributed by atoms with E-state index in [1.807, 2.05) is 31.1 Å². The zero-order valence-corrected chi connectivity index (χ0v) is 9.86. The van der Waals surface area contributed by atoms with E-state index >= 15 is 0 Å². The van der Waals surface area contributed by atoms with Gasteiger partial charge in [-0.3, -0.25) is 4.79 Å². The molecule has 0 aromatic heterocycles. The van der Waals surface area contributed by atoms with Crippen LogP contribution in [0.4, 0.5) is 16.2 Å². The predicted molar refractivity (Wildman–Crippen MR) is 67.0 cm³/mol. The number of nitrogens with one attached hydrogen (secondary N) is 2. The van der Waals surface area contributed by atoms with Crippen molar-refractivity contribution < 1.29 is 9.59 Å². The number of carbonyl (C=O) groups is 2. The lowest BCUT2D eigenvalue weighted by Crippen LogP contribution is -2.36. The van der Waals surface area contributed by atoms with E-state index in [0.29, 0.717) is 5.69 Å². The minimum atomic E-state index is -0.580. The molecular weight excluding hydrogens is 220 g/mol. The highest BCUT2D eigenvalue weighted by atomic mass is 16.2. The standard InChI is InChI=1S/C11H16N4O2/c1-15(2)9-5-3-8(4-6-9)14-11(17)13-7-10(12)16/h3-6H,7H2,1-2H3,(H2,12,16)(H2,13,14,17). The Bertz CT molecular complexity index is 400. The predicted octanol–water partition coefficient (Wildman–Crippen LogP) is 0.359. The number of anilines is 2. The average molecular weight is 236 g/mol. The number of benzene rings is 1. The monoisotopic (exact) mass is 236 g/mol. The van der Waals surface area contributed by atoms with Gasteiger partial charge in [-0.05, 0) is 24.3 Å². The van der Waals surface area contributed by atoms with Gasteiger partial charge in [0.15, 0.2) is 0 Å². The van der Waals surface area contributed by atoms with Gasteiger partial charge in [-0.2, -0.15) is 0 Å². The number of hydrogen-bond acceptors (Lipinski definition) is 3. The maximum Gasteiger partial charge on any atom is 0.319 e. The van der Waals surface area contributed by atoms with E-state index in [1.54, 1.807) is 12.1 Å². The second kappa shape index (κ2) is 5.74. The minimum Gasteiger partial charge on any atom is -0.378 e. The van der Waals surface area contributed by atoms with Crippen LogP contribution in [0.25, 0.3) is 0 Å². The normalized spacial score (nSPS) is 9.53. The highest BCUT2D eigenvalue weighted by molar-refractivity contribution is 5.92. The summed E-state index contributed by atoms with van der Waals surface area (Å²) in [6, 6.07) is 6.85. The molecule has 0 spiro atoms. The Morgan fingerprint density at radius 1 is 1.24 bits per heavy atom. The van der Waals surface area contributed by atoms with E-state index in [1.165, 1.54) is 0 Å². The van der Waals surface area contributed by atoms with Crippen molar-refractivity contribution in [2.45, 2.75) is 0 Å². The fraction of sp³-hybridized carbons (Fsp3) is 0.273. The quantitative estimate of drug-likeness (QED) is 0.705. The molecule has 17 heavy (non-hydrogen) atoms. The molecule has 0 heterocycles. The molecule has 0 atom stereocenters. The molecule has 0 saturated carbocycles. The summed E-state index contributed by atoms with van der Waals surface area (Å²) in [7, 11) is 3.87. The SMILES string of the molecule is CN(C)c1ccc(NC(=O)NCC(N)=O)cc1. The fourth-order valence-electron chi connectivity index (χ4n) is 1.19. The van der Waals surface area contributed by atoms with Crippen LogP contribution in [-0.4, -0.2) is 32.6 Å². The molecule has 3 amide bonds. The van der Waals surface area contributed by atoms with Crippen LogP contribution in [0.5, 0.6) is 0 Å². The third-order valence-corrected chi connectivity index (χ3v) is 2.06. The third-order valence-electron chi connectivity index (χ3n) is 2.06. The van der Waals surface area contributed by atoms with Gasteiger partial charge in [-0.1, -0.05) is 0 Å². The molecule has 0 aliphatic carbocycles. The smallest absolute Gasteiger partial charge is 0.319 e. The number of urea groups is 1. The highest BCUT2D eigenvalue weighted by Crippen LogP contribution is 2.15. The number of rotatable bonds is 4. The van der Waals surface area contributed by atoms with Crippen LogP contribution in [0.15, 0.2) is 24.3 Å². The Balaban J connectivity index is 2.51. The maximum atomic E-state index is 11.3. The molecule has 1 rings (SSSR count). The lowest BCUT2D eigenvalue weighted by Gasteiger charge is -2.13. The van der Waals surface area contributed by atoms with Crippen LogP contribution in [0, 0.1) is 0 Å². The second-order valence-electron chi connectivity index (χ2n) is 3.72. The third kappa shape index (κ3) is 4.42. The zero-order chi connectivity index (χ0) is 12.8. The van der Waals surface area contributed by atoms with Crippen LogP contribution >= 0.6 is 0 Å². The largest absolute Gasteiger partial charge is 0.378 e. The summed E-state index contributed by atoms with van der Waals surface area (Å²) in [6.07, 6.45) is 0. The number of nitrogens with zero attached hydrogens (tertiary/aromatic N) is 1. The molecule has 0 bridgehead atoms. The molecule has 1 aromatic carbocycles. The van der Waals surface area contributed by atoms with Crippen LogP contribution in [0.2, 0.25) is 0 Å². The molecule has 4 N–H and O–H groups in total. The Morgan fingerprint density at radius 2 is 1.82 bits per heavy atom. The van der Waals surface area contributed by atoms with Gasteiger partial charge in [0.2, 0.25) is 5.91 Å². The highest BCUT2D eigenvalue weighted by Gasteiger charge is 2.03. The van der Waals surface area contributed by atoms with Gasteiger partial charge in [-0.25, -0.2) is 4.79 Å². The van der Waals surface area contributed by atoms with Crippen molar-refractivity contribution in [2.24, 2.45) is 5.73 Å². The van der Waals surface area contributed by atoms with Crippen molar-refractivity contribution >= 4 is 23.3 Å². The van der Waals surface area contributed by atoms with Gasteiger partial charge in [0, 0.05) is 25.5 Å². The number of nitrogens with two attached hydrogens (primary N) is 1. The Hall–Kier alpha value is -2.24. The molecule has 0 aliphatic heterocycles. The zero-order valence-electron chi connectivity index (χ0n) is 9.86. The van der Waals surface area contributed by atoms with Crippen molar-refractivity contribution in [3.8, 4) is 0 Å². The van der Waals surface area contributed by atoms with E-state index in [2.05, 4.69) is 10.6 Å². The molecule has 92 valence electrons. The van der Waals surface area contributed by atoms with Crippen molar-refractivity contribution in [1.82, 2.24) is 5.32 Å². The van der Waals surface area contributed by atoms with E-state index in [9.17, 15) is 9.59 Å². The fourth-order valence-corrected chi connectivity index (χ4v) is 1.19. The first-order valence-electron chi connectivity index (χ1n) is 5.09. The Kier molecular flexibility index (Phi) is 4.33. The van der Waals surface area contributed by atoms with Gasteiger partial charge in [-0.15, -0.1) is 0 Å². The molecule has 0 radical (unpaired) electrons. The van der Waals surface area contributed by atoms with Crippen molar-refractivity contribution in [1.29, 1.82) is 0 Å². The number of carbonyl (C=O) groups excluding carboxylic acids is 2. The average Bonchev–Trinajstić information content (AvgIpc) is 2.27. The van der Waals surface area contributed by atoms with Crippen molar-refractivity contribution in [2.75, 3.05) is 30.9 Å². The van der Waals surface area contributed by atoms with Gasteiger partial charge >= 0.3 is 6.03 Å².